The predicted molar refractivity (Wildman–Crippen MR) is 111 cm³/mol. The van der Waals surface area contributed by atoms with Crippen LogP contribution in [-0.4, -0.2) is 22.6 Å². The molecule has 0 saturated carbocycles. The summed E-state index contributed by atoms with van der Waals surface area (Å²) in [5.74, 6) is 2.26. The molecule has 5 heteroatoms. The van der Waals surface area contributed by atoms with Crippen LogP contribution in [0.5, 0.6) is 11.6 Å². The molecule has 1 unspecified atom stereocenters. The summed E-state index contributed by atoms with van der Waals surface area (Å²) in [6, 6.07) is 16.4. The Bertz CT molecular complexity index is 1120. The highest BCUT2D eigenvalue weighted by molar-refractivity contribution is 6.05. The molecule has 1 atom stereocenters. The Balaban J connectivity index is 1.45. The molecule has 2 aromatic carbocycles. The molecule has 1 saturated heterocycles. The lowest BCUT2D eigenvalue weighted by atomic mass is 10.0. The molecule has 28 heavy (non-hydrogen) atoms. The van der Waals surface area contributed by atoms with Crippen molar-refractivity contribution in [2.45, 2.75) is 38.6 Å². The van der Waals surface area contributed by atoms with Crippen molar-refractivity contribution < 1.29 is 9.15 Å². The lowest BCUT2D eigenvalue weighted by Crippen LogP contribution is -2.39. The quantitative estimate of drug-likeness (QED) is 0.443. The molecule has 0 spiro atoms. The summed E-state index contributed by atoms with van der Waals surface area (Å²) >= 11 is 0. The number of benzene rings is 2. The van der Waals surface area contributed by atoms with E-state index < -0.39 is 0 Å². The molecule has 0 aliphatic carbocycles. The van der Waals surface area contributed by atoms with Gasteiger partial charge in [0.1, 0.15) is 29.1 Å². The van der Waals surface area contributed by atoms with Crippen molar-refractivity contribution in [3.63, 3.8) is 0 Å². The van der Waals surface area contributed by atoms with Gasteiger partial charge in [-0.05, 0) is 49.9 Å². The second kappa shape index (κ2) is 7.15. The van der Waals surface area contributed by atoms with Gasteiger partial charge in [-0.3, -0.25) is 0 Å². The normalized spacial score (nSPS) is 17.3. The van der Waals surface area contributed by atoms with Crippen molar-refractivity contribution in [2.75, 3.05) is 11.4 Å². The molecule has 5 rings (SSSR count). The summed E-state index contributed by atoms with van der Waals surface area (Å²) in [6.45, 7) is 3.29. The van der Waals surface area contributed by atoms with Crippen LogP contribution in [-0.2, 0) is 0 Å². The van der Waals surface area contributed by atoms with Gasteiger partial charge in [0.05, 0.1) is 0 Å². The van der Waals surface area contributed by atoms with Crippen LogP contribution in [0.4, 0.5) is 5.82 Å². The number of para-hydroxylation sites is 1. The fourth-order valence-electron chi connectivity index (χ4n) is 4.16. The first-order valence-corrected chi connectivity index (χ1v) is 9.99. The molecular formula is C23H23N3O2. The Hall–Kier alpha value is -3.08. The third kappa shape index (κ3) is 3.07. The van der Waals surface area contributed by atoms with Crippen LogP contribution in [0.25, 0.3) is 21.9 Å². The van der Waals surface area contributed by atoms with E-state index in [4.69, 9.17) is 9.15 Å². The van der Waals surface area contributed by atoms with E-state index in [1.54, 1.807) is 6.33 Å². The minimum absolute atomic E-state index is 0.546. The number of ether oxygens (including phenoxy) is 1. The van der Waals surface area contributed by atoms with Gasteiger partial charge in [-0.2, -0.15) is 0 Å². The number of aromatic nitrogens is 2. The van der Waals surface area contributed by atoms with Gasteiger partial charge in [-0.25, -0.2) is 9.97 Å². The number of hydrogen-bond acceptors (Lipinski definition) is 5. The van der Waals surface area contributed by atoms with Gasteiger partial charge >= 0.3 is 0 Å². The topological polar surface area (TPSA) is 51.4 Å². The van der Waals surface area contributed by atoms with E-state index in [0.29, 0.717) is 11.9 Å². The van der Waals surface area contributed by atoms with Crippen LogP contribution in [0.1, 0.15) is 32.6 Å². The molecule has 0 radical (unpaired) electrons. The number of furan rings is 1. The van der Waals surface area contributed by atoms with E-state index in [1.807, 2.05) is 42.5 Å². The van der Waals surface area contributed by atoms with E-state index >= 15 is 0 Å². The van der Waals surface area contributed by atoms with Gasteiger partial charge in [-0.1, -0.05) is 25.1 Å². The predicted octanol–water partition coefficient (Wildman–Crippen LogP) is 5.94. The van der Waals surface area contributed by atoms with E-state index in [-0.39, 0.29) is 0 Å². The smallest absolute Gasteiger partial charge is 0.224 e. The third-order valence-electron chi connectivity index (χ3n) is 5.59. The monoisotopic (exact) mass is 373 g/mol. The van der Waals surface area contributed by atoms with E-state index in [9.17, 15) is 0 Å². The molecular weight excluding hydrogens is 350 g/mol. The van der Waals surface area contributed by atoms with Gasteiger partial charge in [0.25, 0.3) is 0 Å². The Morgan fingerprint density at radius 3 is 2.86 bits per heavy atom. The van der Waals surface area contributed by atoms with Gasteiger partial charge in [0.15, 0.2) is 0 Å². The first kappa shape index (κ1) is 17.0. The summed E-state index contributed by atoms with van der Waals surface area (Å²) in [5, 5.41) is 2.13. The second-order valence-corrected chi connectivity index (χ2v) is 7.32. The maximum Gasteiger partial charge on any atom is 0.224 e. The zero-order valence-corrected chi connectivity index (χ0v) is 16.0. The maximum absolute atomic E-state index is 6.09. The van der Waals surface area contributed by atoms with Crippen molar-refractivity contribution in [3.8, 4) is 11.6 Å². The van der Waals surface area contributed by atoms with E-state index in [0.717, 1.165) is 46.5 Å². The molecule has 1 fully saturated rings. The molecule has 0 amide bonds. The zero-order valence-electron chi connectivity index (χ0n) is 16.0. The number of piperidine rings is 1. The van der Waals surface area contributed by atoms with E-state index in [2.05, 4.69) is 27.9 Å². The Labute approximate surface area is 164 Å². The van der Waals surface area contributed by atoms with Gasteiger partial charge in [0.2, 0.25) is 5.88 Å². The molecule has 0 bridgehead atoms. The lowest BCUT2D eigenvalue weighted by Gasteiger charge is -2.36. The Kier molecular flexibility index (Phi) is 4.35. The largest absolute Gasteiger partial charge is 0.456 e. The molecule has 3 heterocycles. The third-order valence-corrected chi connectivity index (χ3v) is 5.59. The fraction of sp³-hybridized carbons (Fsp3) is 0.304. The van der Waals surface area contributed by atoms with Crippen LogP contribution in [0.3, 0.4) is 0 Å². The van der Waals surface area contributed by atoms with Crippen molar-refractivity contribution in [2.24, 2.45) is 0 Å². The SMILES string of the molecule is CCC1CCCCN1c1cc(Oc2ccc3oc4ccccc4c3c2)ncn1. The van der Waals surface area contributed by atoms with Crippen LogP contribution >= 0.6 is 0 Å². The molecule has 5 nitrogen and oxygen atoms in total. The van der Waals surface area contributed by atoms with Gasteiger partial charge in [-0.15, -0.1) is 0 Å². The van der Waals surface area contributed by atoms with Crippen LogP contribution < -0.4 is 9.64 Å². The van der Waals surface area contributed by atoms with Crippen LogP contribution in [0.15, 0.2) is 59.3 Å². The highest BCUT2D eigenvalue weighted by atomic mass is 16.5. The molecule has 1 aliphatic heterocycles. The first-order valence-electron chi connectivity index (χ1n) is 9.99. The van der Waals surface area contributed by atoms with Gasteiger partial charge in [0, 0.05) is 29.4 Å². The van der Waals surface area contributed by atoms with Crippen LogP contribution in [0.2, 0.25) is 0 Å². The van der Waals surface area contributed by atoms with Gasteiger partial charge < -0.3 is 14.1 Å². The fourth-order valence-corrected chi connectivity index (χ4v) is 4.16. The minimum atomic E-state index is 0.546. The highest BCUT2D eigenvalue weighted by Crippen LogP contribution is 2.33. The number of hydrogen-bond donors (Lipinski definition) is 0. The molecule has 2 aromatic heterocycles. The van der Waals surface area contributed by atoms with Crippen molar-refractivity contribution in [3.05, 3.63) is 54.9 Å². The second-order valence-electron chi connectivity index (χ2n) is 7.32. The maximum atomic E-state index is 6.09. The highest BCUT2D eigenvalue weighted by Gasteiger charge is 2.22. The molecule has 142 valence electrons. The minimum Gasteiger partial charge on any atom is -0.456 e. The van der Waals surface area contributed by atoms with Crippen molar-refractivity contribution in [1.82, 2.24) is 9.97 Å². The average molecular weight is 373 g/mol. The lowest BCUT2D eigenvalue weighted by molar-refractivity contribution is 0.440. The molecule has 0 N–H and O–H groups in total. The first-order chi connectivity index (χ1) is 13.8. The Morgan fingerprint density at radius 1 is 1.04 bits per heavy atom. The number of fused-ring (bicyclic) bond motifs is 3. The van der Waals surface area contributed by atoms with Crippen molar-refractivity contribution >= 4 is 27.8 Å². The summed E-state index contributed by atoms with van der Waals surface area (Å²) in [7, 11) is 0. The summed E-state index contributed by atoms with van der Waals surface area (Å²) < 4.78 is 12.0. The zero-order chi connectivity index (χ0) is 18.9. The average Bonchev–Trinajstić information content (AvgIpc) is 3.12. The summed E-state index contributed by atoms with van der Waals surface area (Å²) in [4.78, 5) is 11.2. The Morgan fingerprint density at radius 2 is 1.93 bits per heavy atom. The van der Waals surface area contributed by atoms with E-state index in [1.165, 1.54) is 19.3 Å². The molecule has 4 aromatic rings. The summed E-state index contributed by atoms with van der Waals surface area (Å²) in [6.07, 6.45) is 6.45. The van der Waals surface area contributed by atoms with Crippen LogP contribution in [0, 0.1) is 0 Å². The number of rotatable bonds is 4. The van der Waals surface area contributed by atoms with Crippen molar-refractivity contribution in [1.29, 1.82) is 0 Å². The summed E-state index contributed by atoms with van der Waals surface area (Å²) in [5.41, 5.74) is 1.74. The number of anilines is 1. The molecule has 1 aliphatic rings. The number of nitrogens with zero attached hydrogens (tertiary/aromatic N) is 3. The standard InChI is InChI=1S/C23H23N3O2/c1-2-16-7-5-6-12-26(16)22-14-23(25-15-24-22)27-17-10-11-21-19(13-17)18-8-3-4-9-20(18)28-21/h3-4,8-11,13-16H,2,5-7,12H2,1H3.